The Hall–Kier alpha value is -3.62. The largest absolute Gasteiger partial charge is 0.489 e. The fraction of sp³-hybridized carbons (Fsp3) is 0.179. The number of aromatic nitrogens is 1. The highest BCUT2D eigenvalue weighted by Gasteiger charge is 2.56. The summed E-state index contributed by atoms with van der Waals surface area (Å²) in [5.41, 5.74) is 3.73. The van der Waals surface area contributed by atoms with Crippen molar-refractivity contribution in [2.24, 2.45) is 5.92 Å². The third kappa shape index (κ3) is 3.86. The molecule has 2 aliphatic heterocycles. The van der Waals surface area contributed by atoms with Crippen molar-refractivity contribution in [3.63, 3.8) is 0 Å². The van der Waals surface area contributed by atoms with Gasteiger partial charge in [-0.3, -0.25) is 14.4 Å². The average Bonchev–Trinajstić information content (AvgIpc) is 3.38. The molecule has 3 heterocycles. The summed E-state index contributed by atoms with van der Waals surface area (Å²) in [7, 11) is 0. The van der Waals surface area contributed by atoms with E-state index in [1.54, 1.807) is 12.1 Å². The van der Waals surface area contributed by atoms with Crippen molar-refractivity contribution in [2.45, 2.75) is 29.7 Å². The number of aromatic amines is 1. The third-order valence-corrected chi connectivity index (χ3v) is 9.13. The van der Waals surface area contributed by atoms with Crippen LogP contribution in [0.3, 0.4) is 0 Å². The summed E-state index contributed by atoms with van der Waals surface area (Å²) in [6.07, 6.45) is 0. The molecular weight excluding hydrogens is 492 g/mol. The maximum atomic E-state index is 13.7. The number of hydrogen-bond donors (Lipinski definition) is 1. The Labute approximate surface area is 215 Å². The van der Waals surface area contributed by atoms with Crippen LogP contribution in [-0.2, 0) is 16.2 Å². The van der Waals surface area contributed by atoms with Crippen LogP contribution < -0.4 is 14.5 Å². The van der Waals surface area contributed by atoms with Crippen LogP contribution in [0.1, 0.15) is 27.5 Å². The van der Waals surface area contributed by atoms with Gasteiger partial charge in [-0.05, 0) is 47.9 Å². The molecule has 6 rings (SSSR count). The summed E-state index contributed by atoms with van der Waals surface area (Å²) < 4.78 is 6.00. The van der Waals surface area contributed by atoms with Crippen molar-refractivity contribution in [1.29, 1.82) is 0 Å². The number of carbonyl (C=O) groups is 2. The Kier molecular flexibility index (Phi) is 5.78. The number of benzene rings is 3. The lowest BCUT2D eigenvalue weighted by atomic mass is 9.83. The minimum atomic E-state index is -0.600. The fourth-order valence-electron chi connectivity index (χ4n) is 4.91. The van der Waals surface area contributed by atoms with Gasteiger partial charge in [0.2, 0.25) is 11.8 Å². The number of thiazole rings is 1. The topological polar surface area (TPSA) is 79.5 Å². The number of nitrogens with one attached hydrogen (secondary N) is 1. The molecule has 2 unspecified atom stereocenters. The standard InChI is InChI=1S/C28H22N2O4S2/c1-16-7-5-6-8-18(16)15-34-20-13-11-17(12-14-20)21-22-24(35-25-23(21)36-28(33)29-25)27(32)30(26(22)31)19-9-3-2-4-10-19/h2-14,21-22,24H,15H2,1H3,(H,29,33)/t21-,22?,24?/m1/s1. The number of para-hydroxylation sites is 1. The highest BCUT2D eigenvalue weighted by atomic mass is 32.2. The predicted octanol–water partition coefficient (Wildman–Crippen LogP) is 5.12. The maximum absolute atomic E-state index is 13.7. The highest BCUT2D eigenvalue weighted by molar-refractivity contribution is 8.00. The number of rotatable bonds is 5. The van der Waals surface area contributed by atoms with Gasteiger partial charge in [0.15, 0.2) is 0 Å². The normalized spacial score (nSPS) is 20.8. The average molecular weight is 515 g/mol. The molecule has 8 heteroatoms. The molecule has 180 valence electrons. The number of anilines is 1. The van der Waals surface area contributed by atoms with Crippen LogP contribution in [0.25, 0.3) is 0 Å². The summed E-state index contributed by atoms with van der Waals surface area (Å²) in [6.45, 7) is 2.51. The van der Waals surface area contributed by atoms with Gasteiger partial charge in [0.25, 0.3) is 0 Å². The zero-order chi connectivity index (χ0) is 24.8. The molecule has 36 heavy (non-hydrogen) atoms. The number of carbonyl (C=O) groups excluding carboxylic acids is 2. The Morgan fingerprint density at radius 1 is 0.889 bits per heavy atom. The first kappa shape index (κ1) is 22.8. The van der Waals surface area contributed by atoms with Gasteiger partial charge in [0.1, 0.15) is 17.6 Å². The van der Waals surface area contributed by atoms with Crippen molar-refractivity contribution in [2.75, 3.05) is 4.90 Å². The van der Waals surface area contributed by atoms with Crippen LogP contribution in [0, 0.1) is 12.8 Å². The molecule has 0 spiro atoms. The van der Waals surface area contributed by atoms with Gasteiger partial charge in [-0.15, -0.1) is 0 Å². The number of aryl methyl sites for hydroxylation is 1. The summed E-state index contributed by atoms with van der Waals surface area (Å²) in [5.74, 6) is -0.765. The van der Waals surface area contributed by atoms with E-state index in [4.69, 9.17) is 4.74 Å². The molecule has 0 radical (unpaired) electrons. The van der Waals surface area contributed by atoms with E-state index in [0.717, 1.165) is 27.3 Å². The van der Waals surface area contributed by atoms with Crippen LogP contribution >= 0.6 is 23.1 Å². The van der Waals surface area contributed by atoms with Gasteiger partial charge in [0.05, 0.1) is 16.6 Å². The Morgan fingerprint density at radius 3 is 2.36 bits per heavy atom. The number of ether oxygens (including phenoxy) is 1. The first-order valence-electron chi connectivity index (χ1n) is 11.6. The number of H-pyrrole nitrogens is 1. The molecule has 1 saturated heterocycles. The van der Waals surface area contributed by atoms with Crippen molar-refractivity contribution in [3.05, 3.63) is 110 Å². The lowest BCUT2D eigenvalue weighted by Crippen LogP contribution is -2.32. The number of fused-ring (bicyclic) bond motifs is 2. The van der Waals surface area contributed by atoms with Crippen molar-refractivity contribution >= 4 is 40.6 Å². The molecule has 0 aliphatic carbocycles. The van der Waals surface area contributed by atoms with Gasteiger partial charge >= 0.3 is 4.87 Å². The smallest absolute Gasteiger partial charge is 0.305 e. The molecule has 3 atom stereocenters. The summed E-state index contributed by atoms with van der Waals surface area (Å²) in [6, 6.07) is 24.7. The number of nitrogens with zero attached hydrogens (tertiary/aromatic N) is 1. The second-order valence-corrected chi connectivity index (χ2v) is 11.0. The molecule has 0 saturated carbocycles. The Morgan fingerprint density at radius 2 is 1.61 bits per heavy atom. The van der Waals surface area contributed by atoms with Crippen LogP contribution in [-0.4, -0.2) is 22.0 Å². The SMILES string of the molecule is Cc1ccccc1COc1ccc([C@H]2c3sc(=O)[nH]c3SC3C(=O)N(c4ccccc4)C(=O)C32)cc1. The quantitative estimate of drug-likeness (QED) is 0.374. The molecule has 4 aromatic rings. The van der Waals surface area contributed by atoms with Crippen LogP contribution in [0.2, 0.25) is 0 Å². The number of amides is 2. The fourth-order valence-corrected chi connectivity index (χ4v) is 7.43. The first-order valence-corrected chi connectivity index (χ1v) is 13.3. The Balaban J connectivity index is 1.33. The highest BCUT2D eigenvalue weighted by Crippen LogP contribution is 2.53. The first-order chi connectivity index (χ1) is 17.5. The maximum Gasteiger partial charge on any atom is 0.305 e. The summed E-state index contributed by atoms with van der Waals surface area (Å²) in [5, 5.41) is 0.0737. The number of thioether (sulfide) groups is 1. The lowest BCUT2D eigenvalue weighted by Gasteiger charge is -2.29. The van der Waals surface area contributed by atoms with Gasteiger partial charge in [-0.1, -0.05) is 77.7 Å². The van der Waals surface area contributed by atoms with Crippen LogP contribution in [0.5, 0.6) is 5.75 Å². The van der Waals surface area contributed by atoms with Crippen molar-refractivity contribution in [3.8, 4) is 5.75 Å². The second kappa shape index (κ2) is 9.11. The van der Waals surface area contributed by atoms with E-state index in [-0.39, 0.29) is 16.7 Å². The minimum Gasteiger partial charge on any atom is -0.489 e. The molecule has 3 aromatic carbocycles. The molecule has 1 aromatic heterocycles. The molecule has 0 bridgehead atoms. The molecular formula is C28H22N2O4S2. The molecule has 2 amide bonds. The summed E-state index contributed by atoms with van der Waals surface area (Å²) in [4.78, 5) is 44.2. The van der Waals surface area contributed by atoms with E-state index < -0.39 is 17.1 Å². The molecule has 2 aliphatic rings. The summed E-state index contributed by atoms with van der Waals surface area (Å²) >= 11 is 2.40. The Bertz CT molecular complexity index is 1510. The number of hydrogen-bond acceptors (Lipinski definition) is 6. The van der Waals surface area contributed by atoms with Gasteiger partial charge in [-0.2, -0.15) is 0 Å². The van der Waals surface area contributed by atoms with Crippen LogP contribution in [0.15, 0.2) is 88.7 Å². The van der Waals surface area contributed by atoms with Crippen LogP contribution in [0.4, 0.5) is 5.69 Å². The zero-order valence-corrected chi connectivity index (χ0v) is 21.0. The van der Waals surface area contributed by atoms with E-state index in [9.17, 15) is 14.4 Å². The minimum absolute atomic E-state index is 0.185. The van der Waals surface area contributed by atoms with Gasteiger partial charge in [-0.25, -0.2) is 4.90 Å². The van der Waals surface area contributed by atoms with E-state index in [2.05, 4.69) is 18.0 Å². The lowest BCUT2D eigenvalue weighted by molar-refractivity contribution is -0.122. The molecule has 6 nitrogen and oxygen atoms in total. The van der Waals surface area contributed by atoms with Crippen molar-refractivity contribution < 1.29 is 14.3 Å². The van der Waals surface area contributed by atoms with E-state index in [0.29, 0.717) is 23.1 Å². The zero-order valence-electron chi connectivity index (χ0n) is 19.3. The number of imide groups is 1. The van der Waals surface area contributed by atoms with Gasteiger partial charge in [0, 0.05) is 10.8 Å². The second-order valence-electron chi connectivity index (χ2n) is 8.88. The third-order valence-electron chi connectivity index (χ3n) is 6.73. The van der Waals surface area contributed by atoms with Crippen molar-refractivity contribution in [1.82, 2.24) is 4.98 Å². The molecule has 1 N–H and O–H groups in total. The van der Waals surface area contributed by atoms with E-state index in [1.807, 2.05) is 60.7 Å². The molecule has 1 fully saturated rings. The van der Waals surface area contributed by atoms with E-state index >= 15 is 0 Å². The van der Waals surface area contributed by atoms with Gasteiger partial charge < -0.3 is 9.72 Å². The monoisotopic (exact) mass is 514 g/mol. The van der Waals surface area contributed by atoms with E-state index in [1.165, 1.54) is 22.2 Å². The predicted molar refractivity (Wildman–Crippen MR) is 141 cm³/mol.